The van der Waals surface area contributed by atoms with Gasteiger partial charge in [0.2, 0.25) is 5.91 Å². The van der Waals surface area contributed by atoms with Gasteiger partial charge in [0.15, 0.2) is 11.0 Å². The third-order valence-corrected chi connectivity index (χ3v) is 6.57. The zero-order valence-corrected chi connectivity index (χ0v) is 21.0. The summed E-state index contributed by atoms with van der Waals surface area (Å²) in [6.45, 7) is 9.60. The van der Waals surface area contributed by atoms with Gasteiger partial charge in [-0.25, -0.2) is 0 Å². The summed E-state index contributed by atoms with van der Waals surface area (Å²) in [7, 11) is 1.85. The maximum Gasteiger partial charge on any atom is 0.233 e. The third-order valence-electron chi connectivity index (χ3n) is 5.62. The van der Waals surface area contributed by atoms with Crippen LogP contribution in [0.1, 0.15) is 50.7 Å². The highest BCUT2D eigenvalue weighted by molar-refractivity contribution is 7.99. The molecule has 3 rings (SSSR count). The number of hydrogen-bond donors (Lipinski definition) is 0. The van der Waals surface area contributed by atoms with E-state index in [0.717, 1.165) is 35.3 Å². The molecule has 0 N–H and O–H groups in total. The Kier molecular flexibility index (Phi) is 8.95. The van der Waals surface area contributed by atoms with Gasteiger partial charge in [0, 0.05) is 13.6 Å². The molecule has 0 saturated heterocycles. The second-order valence-electron chi connectivity index (χ2n) is 8.57. The Bertz CT molecular complexity index is 1020. The van der Waals surface area contributed by atoms with E-state index in [2.05, 4.69) is 47.7 Å². The molecule has 0 fully saturated rings. The molecule has 0 aliphatic heterocycles. The lowest BCUT2D eigenvalue weighted by Gasteiger charge is -2.25. The minimum absolute atomic E-state index is 0.0101. The van der Waals surface area contributed by atoms with Gasteiger partial charge in [-0.05, 0) is 42.5 Å². The molecule has 176 valence electrons. The highest BCUT2D eigenvalue weighted by Gasteiger charge is 2.20. The van der Waals surface area contributed by atoms with Crippen molar-refractivity contribution in [2.45, 2.75) is 58.5 Å². The Morgan fingerprint density at radius 2 is 1.76 bits per heavy atom. The third kappa shape index (κ3) is 6.84. The van der Waals surface area contributed by atoms with Crippen LogP contribution in [0.3, 0.4) is 0 Å². The number of ether oxygens (including phenoxy) is 1. The van der Waals surface area contributed by atoms with Gasteiger partial charge in [0.05, 0.1) is 11.8 Å². The maximum absolute atomic E-state index is 12.9. The Morgan fingerprint density at radius 1 is 1.06 bits per heavy atom. The fourth-order valence-electron chi connectivity index (χ4n) is 3.45. The number of benzene rings is 2. The molecule has 1 unspecified atom stereocenters. The van der Waals surface area contributed by atoms with E-state index < -0.39 is 0 Å². The lowest BCUT2D eigenvalue weighted by Crippen LogP contribution is -2.31. The minimum Gasteiger partial charge on any atom is -0.486 e. The van der Waals surface area contributed by atoms with Crippen LogP contribution in [-0.4, -0.2) is 38.4 Å². The first-order chi connectivity index (χ1) is 15.9. The van der Waals surface area contributed by atoms with Crippen molar-refractivity contribution >= 4 is 17.7 Å². The molecule has 1 atom stereocenters. The average Bonchev–Trinajstić information content (AvgIpc) is 3.21. The molecule has 0 radical (unpaired) electrons. The van der Waals surface area contributed by atoms with Gasteiger partial charge >= 0.3 is 0 Å². The number of hydrogen-bond acceptors (Lipinski definition) is 5. The Labute approximate surface area is 201 Å². The van der Waals surface area contributed by atoms with Crippen LogP contribution in [0.15, 0.2) is 59.8 Å². The van der Waals surface area contributed by atoms with E-state index in [0.29, 0.717) is 18.3 Å². The smallest absolute Gasteiger partial charge is 0.233 e. The largest absolute Gasteiger partial charge is 0.486 e. The van der Waals surface area contributed by atoms with Crippen LogP contribution in [0.5, 0.6) is 5.75 Å². The predicted octanol–water partition coefficient (Wildman–Crippen LogP) is 5.39. The molecule has 6 nitrogen and oxygen atoms in total. The van der Waals surface area contributed by atoms with E-state index in [4.69, 9.17) is 4.74 Å². The van der Waals surface area contributed by atoms with E-state index in [9.17, 15) is 4.79 Å². The summed E-state index contributed by atoms with van der Waals surface area (Å²) in [5.74, 6) is 2.36. The molecule has 0 bridgehead atoms. The highest BCUT2D eigenvalue weighted by atomic mass is 32.2. The summed E-state index contributed by atoms with van der Waals surface area (Å²) in [6.07, 6.45) is 1.00. The second kappa shape index (κ2) is 11.9. The first-order valence-electron chi connectivity index (χ1n) is 11.5. The molecule has 0 aliphatic rings. The van der Waals surface area contributed by atoms with Crippen LogP contribution < -0.4 is 4.74 Å². The SMILES string of the molecule is CCc1ccc(OCc2nnc(SCC(=O)N(C)C(C)c3ccccc3)n2CC(C)C)cc1. The quantitative estimate of drug-likeness (QED) is 0.355. The van der Waals surface area contributed by atoms with Crippen LogP contribution in [0.2, 0.25) is 0 Å². The molecule has 1 heterocycles. The van der Waals surface area contributed by atoms with E-state index in [1.807, 2.05) is 56.4 Å². The molecule has 2 aromatic carbocycles. The summed E-state index contributed by atoms with van der Waals surface area (Å²) in [6, 6.07) is 18.2. The van der Waals surface area contributed by atoms with E-state index >= 15 is 0 Å². The molecule has 0 aliphatic carbocycles. The number of aromatic nitrogens is 3. The Balaban J connectivity index is 1.64. The Hall–Kier alpha value is -2.80. The monoisotopic (exact) mass is 466 g/mol. The van der Waals surface area contributed by atoms with Gasteiger partial charge < -0.3 is 14.2 Å². The molecule has 3 aromatic rings. The van der Waals surface area contributed by atoms with E-state index in [1.165, 1.54) is 17.3 Å². The number of carbonyl (C=O) groups is 1. The standard InChI is InChI=1S/C26H34N4O2S/c1-6-21-12-14-23(15-13-21)32-17-24-27-28-26(30(24)16-19(2)3)33-18-25(31)29(5)20(4)22-10-8-7-9-11-22/h7-15,19-20H,6,16-18H2,1-5H3. The fourth-order valence-corrected chi connectivity index (χ4v) is 4.34. The van der Waals surface area contributed by atoms with Crippen molar-refractivity contribution in [2.75, 3.05) is 12.8 Å². The van der Waals surface area contributed by atoms with Crippen LogP contribution in [0, 0.1) is 5.92 Å². The second-order valence-corrected chi connectivity index (χ2v) is 9.51. The van der Waals surface area contributed by atoms with Crippen molar-refractivity contribution in [1.29, 1.82) is 0 Å². The number of rotatable bonds is 11. The molecular weight excluding hydrogens is 432 g/mol. The normalized spacial score (nSPS) is 12.1. The summed E-state index contributed by atoms with van der Waals surface area (Å²) in [5, 5.41) is 9.48. The summed E-state index contributed by atoms with van der Waals surface area (Å²) < 4.78 is 8.04. The maximum atomic E-state index is 12.9. The minimum atomic E-state index is 0.0101. The first kappa shape index (κ1) is 24.8. The lowest BCUT2D eigenvalue weighted by molar-refractivity contribution is -0.128. The van der Waals surface area contributed by atoms with Gasteiger partial charge in [0.1, 0.15) is 12.4 Å². The molecule has 7 heteroatoms. The zero-order valence-electron chi connectivity index (χ0n) is 20.2. The molecule has 0 spiro atoms. The number of carbonyl (C=O) groups excluding carboxylic acids is 1. The first-order valence-corrected chi connectivity index (χ1v) is 12.4. The van der Waals surface area contributed by atoms with E-state index in [1.54, 1.807) is 4.90 Å². The topological polar surface area (TPSA) is 60.3 Å². The van der Waals surface area contributed by atoms with Crippen LogP contribution in [0.4, 0.5) is 0 Å². The number of thioether (sulfide) groups is 1. The van der Waals surface area contributed by atoms with Crippen molar-refractivity contribution in [3.8, 4) is 5.75 Å². The highest BCUT2D eigenvalue weighted by Crippen LogP contribution is 2.23. The van der Waals surface area contributed by atoms with Crippen molar-refractivity contribution < 1.29 is 9.53 Å². The van der Waals surface area contributed by atoms with Crippen LogP contribution in [0.25, 0.3) is 0 Å². The molecule has 1 aromatic heterocycles. The number of nitrogens with zero attached hydrogens (tertiary/aromatic N) is 4. The van der Waals surface area contributed by atoms with Crippen LogP contribution in [-0.2, 0) is 24.4 Å². The van der Waals surface area contributed by atoms with Crippen molar-refractivity contribution in [2.24, 2.45) is 5.92 Å². The summed E-state index contributed by atoms with van der Waals surface area (Å²) >= 11 is 1.43. The molecule has 1 amide bonds. The van der Waals surface area contributed by atoms with Gasteiger partial charge in [0.25, 0.3) is 0 Å². The van der Waals surface area contributed by atoms with Gasteiger partial charge in [-0.2, -0.15) is 0 Å². The van der Waals surface area contributed by atoms with Crippen molar-refractivity contribution in [1.82, 2.24) is 19.7 Å². The lowest BCUT2D eigenvalue weighted by atomic mass is 10.1. The molecular formula is C26H34N4O2S. The van der Waals surface area contributed by atoms with E-state index in [-0.39, 0.29) is 11.9 Å². The average molecular weight is 467 g/mol. The van der Waals surface area contributed by atoms with Gasteiger partial charge in [-0.3, -0.25) is 4.79 Å². The molecule has 33 heavy (non-hydrogen) atoms. The van der Waals surface area contributed by atoms with Gasteiger partial charge in [-0.1, -0.05) is 75.0 Å². The van der Waals surface area contributed by atoms with Crippen molar-refractivity contribution in [3.63, 3.8) is 0 Å². The van der Waals surface area contributed by atoms with Gasteiger partial charge in [-0.15, -0.1) is 10.2 Å². The predicted molar refractivity (Wildman–Crippen MR) is 133 cm³/mol. The van der Waals surface area contributed by atoms with Crippen LogP contribution >= 0.6 is 11.8 Å². The zero-order chi connectivity index (χ0) is 23.8. The summed E-state index contributed by atoms with van der Waals surface area (Å²) in [4.78, 5) is 14.6. The molecule has 0 saturated carbocycles. The fraction of sp³-hybridized carbons (Fsp3) is 0.423. The van der Waals surface area contributed by atoms with Crippen molar-refractivity contribution in [3.05, 3.63) is 71.5 Å². The summed E-state index contributed by atoms with van der Waals surface area (Å²) in [5.41, 5.74) is 2.40. The number of amides is 1. The number of aryl methyl sites for hydroxylation is 1. The Morgan fingerprint density at radius 3 is 2.39 bits per heavy atom.